The molecule has 0 bridgehead atoms. The van der Waals surface area contributed by atoms with E-state index in [1.165, 1.54) is 0 Å². The summed E-state index contributed by atoms with van der Waals surface area (Å²) < 4.78 is 11.6. The molecule has 23 heavy (non-hydrogen) atoms. The molecule has 0 radical (unpaired) electrons. The van der Waals surface area contributed by atoms with Gasteiger partial charge in [0.2, 0.25) is 0 Å². The van der Waals surface area contributed by atoms with Gasteiger partial charge in [-0.15, -0.1) is 0 Å². The number of aliphatic carboxylic acids is 2. The molecule has 0 saturated heterocycles. The van der Waals surface area contributed by atoms with Crippen LogP contribution in [0.5, 0.6) is 5.75 Å². The smallest absolute Gasteiger partial charge is 0.414 e. The summed E-state index contributed by atoms with van der Waals surface area (Å²) in [6.07, 6.45) is 1.68. The molecule has 0 aliphatic heterocycles. The minimum Gasteiger partial charge on any atom is -0.496 e. The maximum Gasteiger partial charge on any atom is 0.414 e. The fourth-order valence-electron chi connectivity index (χ4n) is 1.62. The molecule has 0 atom stereocenters. The Kier molecular flexibility index (Phi) is 7.86. The van der Waals surface area contributed by atoms with E-state index >= 15 is 0 Å². The molecule has 0 saturated carbocycles. The molecule has 1 heterocycles. The highest BCUT2D eigenvalue weighted by Gasteiger charge is 2.04. The van der Waals surface area contributed by atoms with Crippen molar-refractivity contribution >= 4 is 27.9 Å². The van der Waals surface area contributed by atoms with Crippen molar-refractivity contribution in [1.82, 2.24) is 5.32 Å². The number of nitrogens with one attached hydrogen (secondary N) is 1. The van der Waals surface area contributed by atoms with E-state index < -0.39 is 11.9 Å². The Labute approximate surface area is 141 Å². The number of ether oxygens (including phenoxy) is 1. The van der Waals surface area contributed by atoms with Crippen LogP contribution in [-0.2, 0) is 22.7 Å². The van der Waals surface area contributed by atoms with Gasteiger partial charge in [0.15, 0.2) is 0 Å². The SMILES string of the molecule is COc1ccc(Br)cc1CNCc1ccco1.O=C(O)C(=O)O. The van der Waals surface area contributed by atoms with Crippen LogP contribution >= 0.6 is 15.9 Å². The van der Waals surface area contributed by atoms with Crippen LogP contribution in [0.3, 0.4) is 0 Å². The summed E-state index contributed by atoms with van der Waals surface area (Å²) in [6, 6.07) is 9.80. The zero-order valence-electron chi connectivity index (χ0n) is 12.3. The molecule has 1 aromatic heterocycles. The Balaban J connectivity index is 0.000000379. The van der Waals surface area contributed by atoms with Crippen molar-refractivity contribution in [3.63, 3.8) is 0 Å². The highest BCUT2D eigenvalue weighted by atomic mass is 79.9. The predicted octanol–water partition coefficient (Wildman–Crippen LogP) is 2.50. The van der Waals surface area contributed by atoms with E-state index in [0.29, 0.717) is 6.54 Å². The van der Waals surface area contributed by atoms with Crippen LogP contribution in [0.15, 0.2) is 45.5 Å². The monoisotopic (exact) mass is 385 g/mol. The van der Waals surface area contributed by atoms with Gasteiger partial charge in [-0.2, -0.15) is 0 Å². The zero-order valence-corrected chi connectivity index (χ0v) is 13.9. The van der Waals surface area contributed by atoms with E-state index in [4.69, 9.17) is 29.0 Å². The predicted molar refractivity (Wildman–Crippen MR) is 85.2 cm³/mol. The Bertz CT molecular complexity index is 629. The van der Waals surface area contributed by atoms with Gasteiger partial charge in [0.05, 0.1) is 19.9 Å². The topological polar surface area (TPSA) is 109 Å². The van der Waals surface area contributed by atoms with Crippen molar-refractivity contribution in [3.8, 4) is 5.75 Å². The van der Waals surface area contributed by atoms with Crippen LogP contribution in [0.2, 0.25) is 0 Å². The number of carboxylic acid groups (broad SMARTS) is 2. The normalized spacial score (nSPS) is 9.65. The van der Waals surface area contributed by atoms with Gasteiger partial charge < -0.3 is 24.7 Å². The Morgan fingerprint density at radius 2 is 1.91 bits per heavy atom. The third-order valence-corrected chi connectivity index (χ3v) is 3.11. The van der Waals surface area contributed by atoms with Crippen molar-refractivity contribution in [2.75, 3.05) is 7.11 Å². The third-order valence-electron chi connectivity index (χ3n) is 2.62. The largest absolute Gasteiger partial charge is 0.496 e. The molecule has 7 nitrogen and oxygen atoms in total. The standard InChI is InChI=1S/C13H14BrNO2.C2H2O4/c1-16-13-5-4-11(14)7-10(13)8-15-9-12-3-2-6-17-12;3-1(4)2(5)6/h2-7,15H,8-9H2,1H3;(H,3,4)(H,5,6). The van der Waals surface area contributed by atoms with Crippen molar-refractivity contribution in [2.24, 2.45) is 0 Å². The first-order valence-electron chi connectivity index (χ1n) is 6.45. The fourth-order valence-corrected chi connectivity index (χ4v) is 2.03. The lowest BCUT2D eigenvalue weighted by molar-refractivity contribution is -0.159. The Morgan fingerprint density at radius 1 is 1.22 bits per heavy atom. The van der Waals surface area contributed by atoms with Crippen LogP contribution in [0.25, 0.3) is 0 Å². The average molecular weight is 386 g/mol. The summed E-state index contributed by atoms with van der Waals surface area (Å²) >= 11 is 3.45. The first-order chi connectivity index (χ1) is 10.9. The molecule has 0 amide bonds. The summed E-state index contributed by atoms with van der Waals surface area (Å²) in [6.45, 7) is 1.45. The molecule has 3 N–H and O–H groups in total. The van der Waals surface area contributed by atoms with E-state index in [-0.39, 0.29) is 0 Å². The number of benzene rings is 1. The number of carboxylic acids is 2. The van der Waals surface area contributed by atoms with E-state index in [0.717, 1.165) is 28.1 Å². The molecule has 0 fully saturated rings. The summed E-state index contributed by atoms with van der Waals surface area (Å²) in [5.41, 5.74) is 1.12. The quantitative estimate of drug-likeness (QED) is 0.678. The summed E-state index contributed by atoms with van der Waals surface area (Å²) in [4.78, 5) is 18.2. The minimum absolute atomic E-state index is 0.711. The van der Waals surface area contributed by atoms with Crippen LogP contribution in [-0.4, -0.2) is 29.3 Å². The van der Waals surface area contributed by atoms with Crippen molar-refractivity contribution < 1.29 is 29.0 Å². The molecule has 124 valence electrons. The molecular formula is C15H16BrNO6. The van der Waals surface area contributed by atoms with Crippen LogP contribution in [0.4, 0.5) is 0 Å². The molecule has 0 aliphatic carbocycles. The molecule has 2 rings (SSSR count). The van der Waals surface area contributed by atoms with Gasteiger partial charge in [0.25, 0.3) is 0 Å². The highest BCUT2D eigenvalue weighted by Crippen LogP contribution is 2.22. The van der Waals surface area contributed by atoms with Gasteiger partial charge in [0, 0.05) is 16.6 Å². The number of rotatable bonds is 5. The van der Waals surface area contributed by atoms with Crippen molar-refractivity contribution in [3.05, 3.63) is 52.4 Å². The summed E-state index contributed by atoms with van der Waals surface area (Å²) in [7, 11) is 1.68. The van der Waals surface area contributed by atoms with Gasteiger partial charge in [-0.25, -0.2) is 9.59 Å². The number of hydrogen-bond donors (Lipinski definition) is 3. The van der Waals surface area contributed by atoms with Crippen LogP contribution in [0.1, 0.15) is 11.3 Å². The number of hydrogen-bond acceptors (Lipinski definition) is 5. The molecule has 8 heteroatoms. The van der Waals surface area contributed by atoms with Gasteiger partial charge in [0.1, 0.15) is 11.5 Å². The highest BCUT2D eigenvalue weighted by molar-refractivity contribution is 9.10. The van der Waals surface area contributed by atoms with Gasteiger partial charge in [-0.3, -0.25) is 0 Å². The lowest BCUT2D eigenvalue weighted by Crippen LogP contribution is -2.12. The molecule has 0 spiro atoms. The van der Waals surface area contributed by atoms with E-state index in [9.17, 15) is 0 Å². The van der Waals surface area contributed by atoms with E-state index in [1.54, 1.807) is 13.4 Å². The number of methoxy groups -OCH3 is 1. The number of furan rings is 1. The lowest BCUT2D eigenvalue weighted by atomic mass is 10.2. The number of carbonyl (C=O) groups is 2. The first-order valence-corrected chi connectivity index (χ1v) is 7.25. The first kappa shape index (κ1) is 18.7. The maximum atomic E-state index is 9.10. The number of halogens is 1. The molecule has 0 unspecified atom stereocenters. The van der Waals surface area contributed by atoms with Gasteiger partial charge in [-0.1, -0.05) is 15.9 Å². The van der Waals surface area contributed by atoms with Gasteiger partial charge >= 0.3 is 11.9 Å². The zero-order chi connectivity index (χ0) is 17.2. The fraction of sp³-hybridized carbons (Fsp3) is 0.200. The average Bonchev–Trinajstić information content (AvgIpc) is 3.01. The van der Waals surface area contributed by atoms with Crippen molar-refractivity contribution in [1.29, 1.82) is 0 Å². The van der Waals surface area contributed by atoms with Crippen LogP contribution in [0, 0.1) is 0 Å². The molecule has 1 aromatic carbocycles. The molecule has 2 aromatic rings. The van der Waals surface area contributed by atoms with Gasteiger partial charge in [-0.05, 0) is 30.3 Å². The van der Waals surface area contributed by atoms with Crippen LogP contribution < -0.4 is 10.1 Å². The lowest BCUT2D eigenvalue weighted by Gasteiger charge is -2.09. The minimum atomic E-state index is -1.82. The molecular weight excluding hydrogens is 370 g/mol. The second-order valence-electron chi connectivity index (χ2n) is 4.25. The maximum absolute atomic E-state index is 9.10. The molecule has 0 aliphatic rings. The summed E-state index contributed by atoms with van der Waals surface area (Å²) in [5.74, 6) is -1.83. The van der Waals surface area contributed by atoms with E-state index in [2.05, 4.69) is 21.2 Å². The Hall–Kier alpha value is -2.32. The van der Waals surface area contributed by atoms with Crippen molar-refractivity contribution in [2.45, 2.75) is 13.1 Å². The second kappa shape index (κ2) is 9.65. The third kappa shape index (κ3) is 6.98. The van der Waals surface area contributed by atoms with E-state index in [1.807, 2.05) is 30.3 Å². The summed E-state index contributed by atoms with van der Waals surface area (Å²) in [5, 5.41) is 18.1. The second-order valence-corrected chi connectivity index (χ2v) is 5.17. The Morgan fingerprint density at radius 3 is 2.43 bits per heavy atom.